The summed E-state index contributed by atoms with van der Waals surface area (Å²) in [6.45, 7) is 7.13. The molecule has 2 amide bonds. The van der Waals surface area contributed by atoms with E-state index >= 15 is 0 Å². The van der Waals surface area contributed by atoms with Gasteiger partial charge in [-0.3, -0.25) is 29.8 Å². The number of non-ortho nitro benzene ring substituents is 2. The summed E-state index contributed by atoms with van der Waals surface area (Å²) in [4.78, 5) is 45.9. The molecule has 0 bridgehead atoms. The number of amides is 2. The summed E-state index contributed by atoms with van der Waals surface area (Å²) in [6, 6.07) is 8.20. The molecule has 0 saturated heterocycles. The second-order valence-electron chi connectivity index (χ2n) is 7.02. The molecule has 0 heterocycles. The molecule has 2 atom stereocenters. The quantitative estimate of drug-likeness (QED) is 0.423. The number of rotatable bonds is 6. The normalized spacial score (nSPS) is 17.2. The zero-order chi connectivity index (χ0) is 22.2. The van der Waals surface area contributed by atoms with Crippen LogP contribution in [-0.2, 0) is 9.59 Å². The third-order valence-corrected chi connectivity index (χ3v) is 4.97. The van der Waals surface area contributed by atoms with Crippen LogP contribution in [0.25, 0.3) is 0 Å². The maximum atomic E-state index is 12.6. The Morgan fingerprint density at radius 1 is 0.833 bits per heavy atom. The molecule has 0 spiro atoms. The number of hydrogen-bond donors (Lipinski definition) is 2. The van der Waals surface area contributed by atoms with Crippen LogP contribution in [0.5, 0.6) is 0 Å². The highest BCUT2D eigenvalue weighted by Crippen LogP contribution is 2.46. The van der Waals surface area contributed by atoms with Gasteiger partial charge in [-0.15, -0.1) is 0 Å². The molecule has 10 heteroatoms. The Morgan fingerprint density at radius 3 is 1.53 bits per heavy atom. The summed E-state index contributed by atoms with van der Waals surface area (Å²) >= 11 is 0. The van der Waals surface area contributed by atoms with E-state index in [0.29, 0.717) is 16.7 Å². The van der Waals surface area contributed by atoms with Crippen LogP contribution in [0.15, 0.2) is 48.6 Å². The van der Waals surface area contributed by atoms with Gasteiger partial charge >= 0.3 is 0 Å². The average molecular weight is 410 g/mol. The Kier molecular flexibility index (Phi) is 5.33. The molecule has 2 N–H and O–H groups in total. The second kappa shape index (κ2) is 7.74. The van der Waals surface area contributed by atoms with E-state index in [1.54, 1.807) is 13.8 Å². The van der Waals surface area contributed by atoms with Crippen LogP contribution in [-0.4, -0.2) is 21.7 Å². The van der Waals surface area contributed by atoms with Crippen molar-refractivity contribution in [2.75, 3.05) is 10.6 Å². The summed E-state index contributed by atoms with van der Waals surface area (Å²) in [7, 11) is 0. The van der Waals surface area contributed by atoms with Crippen LogP contribution in [0.4, 0.5) is 22.7 Å². The zero-order valence-electron chi connectivity index (χ0n) is 16.2. The Labute approximate surface area is 170 Å². The van der Waals surface area contributed by atoms with E-state index in [0.717, 1.165) is 0 Å². The number of nitro groups is 2. The van der Waals surface area contributed by atoms with Gasteiger partial charge < -0.3 is 10.6 Å². The maximum Gasteiger partial charge on any atom is 0.271 e. The van der Waals surface area contributed by atoms with Crippen molar-refractivity contribution >= 4 is 34.6 Å². The third-order valence-electron chi connectivity index (χ3n) is 4.97. The van der Waals surface area contributed by atoms with Crippen LogP contribution in [0.1, 0.15) is 11.1 Å². The van der Waals surface area contributed by atoms with Crippen LogP contribution < -0.4 is 10.6 Å². The van der Waals surface area contributed by atoms with E-state index < -0.39 is 33.5 Å². The minimum absolute atomic E-state index is 0.166. The van der Waals surface area contributed by atoms with Crippen molar-refractivity contribution in [2.24, 2.45) is 11.8 Å². The lowest BCUT2D eigenvalue weighted by Gasteiger charge is -2.09. The molecular formula is C20H18N4O6. The van der Waals surface area contributed by atoms with Gasteiger partial charge in [-0.1, -0.05) is 24.3 Å². The summed E-state index contributed by atoms with van der Waals surface area (Å²) < 4.78 is 0. The van der Waals surface area contributed by atoms with Gasteiger partial charge in [0.2, 0.25) is 11.8 Å². The topological polar surface area (TPSA) is 144 Å². The molecule has 1 fully saturated rings. The molecule has 1 saturated carbocycles. The Balaban J connectivity index is 1.71. The minimum atomic E-state index is -0.789. The molecule has 2 aromatic rings. The Bertz CT molecular complexity index is 1020. The van der Waals surface area contributed by atoms with E-state index in [9.17, 15) is 29.8 Å². The molecule has 0 radical (unpaired) electrons. The lowest BCUT2D eigenvalue weighted by atomic mass is 10.1. The highest BCUT2D eigenvalue weighted by Gasteiger charge is 2.52. The standard InChI is InChI=1S/C20H18N4O6/c1-10-4-6-13(23(27)28)8-15(10)21-19(25)17-12(3)18(17)20(26)22-16-9-14(24(29)30)7-5-11(16)2/h4-9,17-18H,3H2,1-2H3,(H,21,25)(H,22,26). The van der Waals surface area contributed by atoms with Crippen molar-refractivity contribution in [3.05, 3.63) is 79.9 Å². The number of nitrogens with one attached hydrogen (secondary N) is 2. The summed E-state index contributed by atoms with van der Waals surface area (Å²) in [5.74, 6) is -2.58. The van der Waals surface area contributed by atoms with Crippen molar-refractivity contribution < 1.29 is 19.4 Å². The number of carbonyl (C=O) groups excluding carboxylic acids is 2. The second-order valence-corrected chi connectivity index (χ2v) is 7.02. The summed E-state index contributed by atoms with van der Waals surface area (Å²) in [5, 5.41) is 27.1. The van der Waals surface area contributed by atoms with Crippen molar-refractivity contribution in [2.45, 2.75) is 13.8 Å². The molecular weight excluding hydrogens is 392 g/mol. The SMILES string of the molecule is C=C1C(C(=O)Nc2cc([N+](=O)[O-])ccc2C)C1C(=O)Nc1cc([N+](=O)[O-])ccc1C. The first kappa shape index (κ1) is 20.6. The predicted octanol–water partition coefficient (Wildman–Crippen LogP) is 3.50. The molecule has 30 heavy (non-hydrogen) atoms. The summed E-state index contributed by atoms with van der Waals surface area (Å²) in [5.41, 5.74) is 1.89. The van der Waals surface area contributed by atoms with Gasteiger partial charge in [0.05, 0.1) is 33.1 Å². The molecule has 3 rings (SSSR count). The molecule has 154 valence electrons. The summed E-state index contributed by atoms with van der Waals surface area (Å²) in [6.07, 6.45) is 0. The predicted molar refractivity (Wildman–Crippen MR) is 109 cm³/mol. The fourth-order valence-electron chi connectivity index (χ4n) is 3.09. The van der Waals surface area contributed by atoms with Gasteiger partial charge in [-0.2, -0.15) is 0 Å². The number of aryl methyl sites for hydroxylation is 2. The largest absolute Gasteiger partial charge is 0.325 e. The number of carbonyl (C=O) groups is 2. The first-order valence-corrected chi connectivity index (χ1v) is 8.90. The van der Waals surface area contributed by atoms with Crippen LogP contribution in [0.3, 0.4) is 0 Å². The van der Waals surface area contributed by atoms with E-state index in [1.165, 1.54) is 36.4 Å². The van der Waals surface area contributed by atoms with Crippen molar-refractivity contribution in [3.8, 4) is 0 Å². The zero-order valence-corrected chi connectivity index (χ0v) is 16.2. The molecule has 10 nitrogen and oxygen atoms in total. The highest BCUT2D eigenvalue weighted by molar-refractivity contribution is 6.08. The van der Waals surface area contributed by atoms with E-state index in [1.807, 2.05) is 0 Å². The monoisotopic (exact) mass is 410 g/mol. The number of anilines is 2. The van der Waals surface area contributed by atoms with E-state index in [2.05, 4.69) is 17.2 Å². The van der Waals surface area contributed by atoms with E-state index in [-0.39, 0.29) is 22.7 Å². The molecule has 0 aromatic heterocycles. The van der Waals surface area contributed by atoms with Gasteiger partial charge in [0.25, 0.3) is 11.4 Å². The first-order chi connectivity index (χ1) is 14.1. The minimum Gasteiger partial charge on any atom is -0.325 e. The average Bonchev–Trinajstić information content (AvgIpc) is 3.36. The number of hydrogen-bond acceptors (Lipinski definition) is 6. The van der Waals surface area contributed by atoms with Crippen LogP contribution >= 0.6 is 0 Å². The molecule has 0 aliphatic heterocycles. The van der Waals surface area contributed by atoms with Gasteiger partial charge in [0.15, 0.2) is 0 Å². The van der Waals surface area contributed by atoms with Crippen molar-refractivity contribution in [1.29, 1.82) is 0 Å². The number of nitro benzene ring substituents is 2. The van der Waals surface area contributed by atoms with Crippen LogP contribution in [0, 0.1) is 45.9 Å². The van der Waals surface area contributed by atoms with Crippen molar-refractivity contribution in [1.82, 2.24) is 0 Å². The molecule has 2 unspecified atom stereocenters. The molecule has 1 aliphatic carbocycles. The van der Waals surface area contributed by atoms with Gasteiger partial charge in [-0.05, 0) is 25.0 Å². The van der Waals surface area contributed by atoms with Gasteiger partial charge in [0.1, 0.15) is 0 Å². The van der Waals surface area contributed by atoms with Crippen molar-refractivity contribution in [3.63, 3.8) is 0 Å². The first-order valence-electron chi connectivity index (χ1n) is 8.90. The van der Waals surface area contributed by atoms with Crippen LogP contribution in [0.2, 0.25) is 0 Å². The smallest absolute Gasteiger partial charge is 0.271 e. The van der Waals surface area contributed by atoms with Gasteiger partial charge in [0, 0.05) is 24.3 Å². The highest BCUT2D eigenvalue weighted by atomic mass is 16.6. The maximum absolute atomic E-state index is 12.6. The lowest BCUT2D eigenvalue weighted by Crippen LogP contribution is -2.21. The number of benzene rings is 2. The number of nitrogens with zero attached hydrogens (tertiary/aromatic N) is 2. The molecule has 2 aromatic carbocycles. The lowest BCUT2D eigenvalue weighted by molar-refractivity contribution is -0.385. The Morgan fingerprint density at radius 2 is 1.20 bits per heavy atom. The van der Waals surface area contributed by atoms with E-state index in [4.69, 9.17) is 0 Å². The Hall–Kier alpha value is -4.08. The van der Waals surface area contributed by atoms with Gasteiger partial charge in [-0.25, -0.2) is 0 Å². The molecule has 1 aliphatic rings. The fourth-order valence-corrected chi connectivity index (χ4v) is 3.09. The third kappa shape index (κ3) is 4.02. The fraction of sp³-hybridized carbons (Fsp3) is 0.200.